The maximum Gasteiger partial charge on any atom is 0.318 e. The van der Waals surface area contributed by atoms with Crippen molar-refractivity contribution in [1.29, 1.82) is 0 Å². The molecule has 1 saturated heterocycles. The molecule has 0 bridgehead atoms. The van der Waals surface area contributed by atoms with Gasteiger partial charge in [0.25, 0.3) is 0 Å². The number of nitrogens with one attached hydrogen (secondary N) is 1. The summed E-state index contributed by atoms with van der Waals surface area (Å²) >= 11 is 0. The summed E-state index contributed by atoms with van der Waals surface area (Å²) in [6.45, 7) is 10.1. The van der Waals surface area contributed by atoms with Crippen molar-refractivity contribution in [1.82, 2.24) is 10.2 Å². The average molecular weight is 334 g/mol. The zero-order valence-electron chi connectivity index (χ0n) is 15.5. The quantitative estimate of drug-likeness (QED) is 0.895. The van der Waals surface area contributed by atoms with E-state index in [1.807, 2.05) is 43.0 Å². The van der Waals surface area contributed by atoms with Crippen molar-refractivity contribution >= 4 is 6.03 Å². The average Bonchev–Trinajstić information content (AvgIpc) is 2.53. The monoisotopic (exact) mass is 334 g/mol. The topological polar surface area (TPSA) is 50.8 Å². The van der Waals surface area contributed by atoms with E-state index in [4.69, 9.17) is 9.47 Å². The lowest BCUT2D eigenvalue weighted by molar-refractivity contribution is -0.0656. The van der Waals surface area contributed by atoms with Crippen LogP contribution in [-0.2, 0) is 4.74 Å². The molecule has 1 fully saturated rings. The molecule has 1 heterocycles. The summed E-state index contributed by atoms with van der Waals surface area (Å²) in [5.41, 5.74) is 0.702. The first-order valence-electron chi connectivity index (χ1n) is 8.64. The Morgan fingerprint density at radius 2 is 2.04 bits per heavy atom. The molecule has 1 aliphatic heterocycles. The molecule has 0 radical (unpaired) electrons. The van der Waals surface area contributed by atoms with E-state index < -0.39 is 0 Å². The molecule has 1 aliphatic rings. The van der Waals surface area contributed by atoms with Crippen LogP contribution in [0.4, 0.5) is 4.79 Å². The van der Waals surface area contributed by atoms with Crippen LogP contribution in [0.3, 0.4) is 0 Å². The second-order valence-electron chi connectivity index (χ2n) is 7.40. The van der Waals surface area contributed by atoms with Crippen molar-refractivity contribution in [2.45, 2.75) is 45.7 Å². The van der Waals surface area contributed by atoms with E-state index in [0.29, 0.717) is 25.7 Å². The Labute approximate surface area is 145 Å². The minimum atomic E-state index is -0.356. The SMILES string of the molecule is COc1ccc(C2COCC(C)(C)N2C(=O)NCCC(C)C)cc1. The predicted octanol–water partition coefficient (Wildman–Crippen LogP) is 3.60. The van der Waals surface area contributed by atoms with Crippen molar-refractivity contribution in [2.75, 3.05) is 26.9 Å². The standard InChI is InChI=1S/C19H30N2O3/c1-14(2)10-11-20-18(22)21-17(12-24-13-19(21,3)4)15-6-8-16(23-5)9-7-15/h6-9,14,17H,10-13H2,1-5H3,(H,20,22). The molecule has 24 heavy (non-hydrogen) atoms. The minimum absolute atomic E-state index is 0.0234. The summed E-state index contributed by atoms with van der Waals surface area (Å²) in [4.78, 5) is 14.8. The van der Waals surface area contributed by atoms with Crippen LogP contribution in [-0.4, -0.2) is 43.3 Å². The number of ether oxygens (including phenoxy) is 2. The number of amides is 2. The van der Waals surface area contributed by atoms with Crippen molar-refractivity contribution < 1.29 is 14.3 Å². The normalized spacial score (nSPS) is 20.1. The Hall–Kier alpha value is -1.75. The number of rotatable bonds is 5. The lowest BCUT2D eigenvalue weighted by atomic mass is 9.95. The third-order valence-electron chi connectivity index (χ3n) is 4.41. The Morgan fingerprint density at radius 3 is 2.62 bits per heavy atom. The fraction of sp³-hybridized carbons (Fsp3) is 0.632. The highest BCUT2D eigenvalue weighted by Crippen LogP contribution is 2.34. The molecule has 1 atom stereocenters. The number of carbonyl (C=O) groups is 1. The van der Waals surface area contributed by atoms with Gasteiger partial charge in [-0.15, -0.1) is 0 Å². The van der Waals surface area contributed by atoms with E-state index in [0.717, 1.165) is 17.7 Å². The van der Waals surface area contributed by atoms with Crippen LogP contribution in [0, 0.1) is 5.92 Å². The van der Waals surface area contributed by atoms with E-state index >= 15 is 0 Å². The molecule has 5 nitrogen and oxygen atoms in total. The zero-order chi connectivity index (χ0) is 17.7. The zero-order valence-corrected chi connectivity index (χ0v) is 15.5. The number of methoxy groups -OCH3 is 1. The van der Waals surface area contributed by atoms with Gasteiger partial charge in [0.15, 0.2) is 0 Å². The van der Waals surface area contributed by atoms with Crippen molar-refractivity contribution in [2.24, 2.45) is 5.92 Å². The fourth-order valence-electron chi connectivity index (χ4n) is 3.03. The van der Waals surface area contributed by atoms with Gasteiger partial charge in [-0.05, 0) is 43.9 Å². The molecule has 2 amide bonds. The maximum absolute atomic E-state index is 12.8. The number of carbonyl (C=O) groups excluding carboxylic acids is 1. The first-order chi connectivity index (χ1) is 11.3. The predicted molar refractivity (Wildman–Crippen MR) is 95.3 cm³/mol. The van der Waals surface area contributed by atoms with Crippen molar-refractivity contribution in [3.05, 3.63) is 29.8 Å². The van der Waals surface area contributed by atoms with E-state index in [-0.39, 0.29) is 17.6 Å². The molecule has 1 aromatic rings. The second kappa shape index (κ2) is 7.88. The summed E-state index contributed by atoms with van der Waals surface area (Å²) in [7, 11) is 1.65. The smallest absolute Gasteiger partial charge is 0.318 e. The number of hydrogen-bond acceptors (Lipinski definition) is 3. The molecular formula is C19H30N2O3. The molecular weight excluding hydrogens is 304 g/mol. The molecule has 0 aromatic heterocycles. The molecule has 2 rings (SSSR count). The third-order valence-corrected chi connectivity index (χ3v) is 4.41. The van der Waals surface area contributed by atoms with Gasteiger partial charge in [0.1, 0.15) is 5.75 Å². The minimum Gasteiger partial charge on any atom is -0.497 e. The maximum atomic E-state index is 12.8. The highest BCUT2D eigenvalue weighted by atomic mass is 16.5. The summed E-state index contributed by atoms with van der Waals surface area (Å²) < 4.78 is 11.0. The Morgan fingerprint density at radius 1 is 1.38 bits per heavy atom. The van der Waals surface area contributed by atoms with Crippen LogP contribution in [0.25, 0.3) is 0 Å². The van der Waals surface area contributed by atoms with Crippen LogP contribution in [0.15, 0.2) is 24.3 Å². The van der Waals surface area contributed by atoms with Gasteiger partial charge in [-0.2, -0.15) is 0 Å². The van der Waals surface area contributed by atoms with E-state index in [9.17, 15) is 4.79 Å². The molecule has 1 aromatic carbocycles. The highest BCUT2D eigenvalue weighted by molar-refractivity contribution is 5.76. The van der Waals surface area contributed by atoms with Crippen LogP contribution in [0.1, 0.15) is 45.7 Å². The number of hydrogen-bond donors (Lipinski definition) is 1. The second-order valence-corrected chi connectivity index (χ2v) is 7.40. The number of morpholine rings is 1. The van der Waals surface area contributed by atoms with Gasteiger partial charge in [0.05, 0.1) is 31.9 Å². The molecule has 0 spiro atoms. The lowest BCUT2D eigenvalue weighted by Crippen LogP contribution is -2.59. The van der Waals surface area contributed by atoms with Gasteiger partial charge >= 0.3 is 6.03 Å². The summed E-state index contributed by atoms with van der Waals surface area (Å²) in [6.07, 6.45) is 0.976. The molecule has 0 saturated carbocycles. The largest absolute Gasteiger partial charge is 0.497 e. The highest BCUT2D eigenvalue weighted by Gasteiger charge is 2.41. The summed E-state index contributed by atoms with van der Waals surface area (Å²) in [5.74, 6) is 1.38. The number of benzene rings is 1. The van der Waals surface area contributed by atoms with E-state index in [2.05, 4.69) is 19.2 Å². The number of nitrogens with zero attached hydrogens (tertiary/aromatic N) is 1. The summed E-state index contributed by atoms with van der Waals surface area (Å²) in [6, 6.07) is 7.73. The lowest BCUT2D eigenvalue weighted by Gasteiger charge is -2.47. The Bertz CT molecular complexity index is 540. The van der Waals surface area contributed by atoms with Gasteiger partial charge < -0.3 is 19.7 Å². The number of urea groups is 1. The molecule has 1 N–H and O–H groups in total. The molecule has 0 aliphatic carbocycles. The molecule has 134 valence electrons. The van der Waals surface area contributed by atoms with Crippen LogP contribution in [0.2, 0.25) is 0 Å². The van der Waals surface area contributed by atoms with Gasteiger partial charge in [-0.3, -0.25) is 0 Å². The van der Waals surface area contributed by atoms with Crippen LogP contribution >= 0.6 is 0 Å². The molecule has 5 heteroatoms. The van der Waals surface area contributed by atoms with Crippen LogP contribution < -0.4 is 10.1 Å². The first-order valence-corrected chi connectivity index (χ1v) is 8.64. The third kappa shape index (κ3) is 4.41. The first kappa shape index (κ1) is 18.6. The molecule has 1 unspecified atom stereocenters. The van der Waals surface area contributed by atoms with Crippen LogP contribution in [0.5, 0.6) is 5.75 Å². The summed E-state index contributed by atoms with van der Waals surface area (Å²) in [5, 5.41) is 3.07. The Balaban J connectivity index is 2.18. The van der Waals surface area contributed by atoms with Crippen molar-refractivity contribution in [3.63, 3.8) is 0 Å². The van der Waals surface area contributed by atoms with Gasteiger partial charge in [-0.1, -0.05) is 26.0 Å². The Kier molecular flexibility index (Phi) is 6.10. The van der Waals surface area contributed by atoms with Gasteiger partial charge in [0.2, 0.25) is 0 Å². The van der Waals surface area contributed by atoms with Gasteiger partial charge in [-0.25, -0.2) is 4.79 Å². The van der Waals surface area contributed by atoms with E-state index in [1.165, 1.54) is 0 Å². The van der Waals surface area contributed by atoms with Crippen molar-refractivity contribution in [3.8, 4) is 5.75 Å². The van der Waals surface area contributed by atoms with Gasteiger partial charge in [0, 0.05) is 6.54 Å². The fourth-order valence-corrected chi connectivity index (χ4v) is 3.03. The van der Waals surface area contributed by atoms with E-state index in [1.54, 1.807) is 7.11 Å².